The van der Waals surface area contributed by atoms with Crippen molar-refractivity contribution in [2.75, 3.05) is 32.0 Å². The third-order valence-corrected chi connectivity index (χ3v) is 6.68. The molecule has 0 atom stereocenters. The molecule has 9 nitrogen and oxygen atoms in total. The summed E-state index contributed by atoms with van der Waals surface area (Å²) in [6.45, 7) is 7.17. The lowest BCUT2D eigenvalue weighted by atomic mass is 9.99. The number of aromatic amines is 1. The minimum absolute atomic E-state index is 0.00387. The van der Waals surface area contributed by atoms with Gasteiger partial charge in [0.05, 0.1) is 16.9 Å². The average Bonchev–Trinajstić information content (AvgIpc) is 2.85. The molecule has 0 bridgehead atoms. The highest BCUT2D eigenvalue weighted by molar-refractivity contribution is 5.94. The Labute approximate surface area is 210 Å². The predicted octanol–water partition coefficient (Wildman–Crippen LogP) is 3.33. The molecular weight excluding hydrogens is 465 g/mol. The number of aromatic nitrogens is 2. The maximum absolute atomic E-state index is 14.7. The van der Waals surface area contributed by atoms with Gasteiger partial charge in [0.2, 0.25) is 0 Å². The predicted molar refractivity (Wildman–Crippen MR) is 134 cm³/mol. The van der Waals surface area contributed by atoms with E-state index < -0.39 is 17.3 Å². The van der Waals surface area contributed by atoms with Crippen LogP contribution in [-0.4, -0.2) is 70.3 Å². The number of piperidine rings is 1. The number of nitrogens with one attached hydrogen (secondary N) is 2. The average molecular weight is 500 g/mol. The van der Waals surface area contributed by atoms with Gasteiger partial charge in [0.25, 0.3) is 11.5 Å². The van der Waals surface area contributed by atoms with Crippen molar-refractivity contribution < 1.29 is 18.7 Å². The second kappa shape index (κ2) is 10.3. The smallest absolute Gasteiger partial charge is 0.410 e. The SMILES string of the molecule is CN(C(=O)c1cc(Cc2n[nH]c(=O)c3c2NCCC3)ccc1F)C1CCN(C(=O)OC(C)(C)C)CC1. The Balaban J connectivity index is 1.45. The van der Waals surface area contributed by atoms with E-state index in [1.807, 2.05) is 20.8 Å². The van der Waals surface area contributed by atoms with Crippen LogP contribution >= 0.6 is 0 Å². The molecule has 1 aromatic heterocycles. The van der Waals surface area contributed by atoms with Crippen LogP contribution in [0.5, 0.6) is 0 Å². The molecule has 0 unspecified atom stereocenters. The molecular formula is C26H34FN5O4. The molecule has 2 aliphatic heterocycles. The van der Waals surface area contributed by atoms with Crippen molar-refractivity contribution in [2.45, 2.75) is 64.5 Å². The number of fused-ring (bicyclic) bond motifs is 1. The van der Waals surface area contributed by atoms with E-state index in [4.69, 9.17) is 4.74 Å². The van der Waals surface area contributed by atoms with Crippen molar-refractivity contribution in [1.82, 2.24) is 20.0 Å². The van der Waals surface area contributed by atoms with Gasteiger partial charge in [-0.15, -0.1) is 0 Å². The van der Waals surface area contributed by atoms with Gasteiger partial charge in [-0.05, 0) is 64.2 Å². The van der Waals surface area contributed by atoms with Gasteiger partial charge in [-0.25, -0.2) is 14.3 Å². The van der Waals surface area contributed by atoms with Gasteiger partial charge >= 0.3 is 6.09 Å². The summed E-state index contributed by atoms with van der Waals surface area (Å²) in [5.74, 6) is -0.990. The first-order valence-electron chi connectivity index (χ1n) is 12.4. The third-order valence-electron chi connectivity index (χ3n) is 6.68. The van der Waals surface area contributed by atoms with Gasteiger partial charge in [-0.1, -0.05) is 6.07 Å². The topological polar surface area (TPSA) is 108 Å². The van der Waals surface area contributed by atoms with E-state index in [-0.39, 0.29) is 23.3 Å². The molecule has 36 heavy (non-hydrogen) atoms. The third kappa shape index (κ3) is 5.68. The summed E-state index contributed by atoms with van der Waals surface area (Å²) in [6, 6.07) is 4.38. The zero-order valence-corrected chi connectivity index (χ0v) is 21.3. The van der Waals surface area contributed by atoms with E-state index in [9.17, 15) is 18.8 Å². The molecule has 0 saturated carbocycles. The minimum atomic E-state index is -0.587. The summed E-state index contributed by atoms with van der Waals surface area (Å²) in [6.07, 6.45) is 2.71. The number of carbonyl (C=O) groups excluding carboxylic acids is 2. The zero-order chi connectivity index (χ0) is 26.0. The molecule has 3 heterocycles. The van der Waals surface area contributed by atoms with Crippen molar-refractivity contribution in [1.29, 1.82) is 0 Å². The number of anilines is 1. The van der Waals surface area contributed by atoms with Gasteiger partial charge in [0.15, 0.2) is 0 Å². The van der Waals surface area contributed by atoms with E-state index >= 15 is 0 Å². The summed E-state index contributed by atoms with van der Waals surface area (Å²) >= 11 is 0. The molecule has 2 aliphatic rings. The monoisotopic (exact) mass is 499 g/mol. The lowest BCUT2D eigenvalue weighted by Gasteiger charge is -2.37. The Bertz CT molecular complexity index is 1200. The van der Waals surface area contributed by atoms with E-state index in [0.717, 1.165) is 24.2 Å². The number of halogens is 1. The fourth-order valence-electron chi connectivity index (χ4n) is 4.74. The maximum Gasteiger partial charge on any atom is 0.410 e. The summed E-state index contributed by atoms with van der Waals surface area (Å²) < 4.78 is 20.2. The first kappa shape index (κ1) is 25.7. The number of nitrogens with zero attached hydrogens (tertiary/aromatic N) is 3. The van der Waals surface area contributed by atoms with Crippen LogP contribution in [0.4, 0.5) is 14.9 Å². The zero-order valence-electron chi connectivity index (χ0n) is 21.3. The van der Waals surface area contributed by atoms with Gasteiger partial charge < -0.3 is 19.9 Å². The molecule has 0 spiro atoms. The first-order chi connectivity index (χ1) is 17.0. The van der Waals surface area contributed by atoms with Crippen LogP contribution in [0.2, 0.25) is 0 Å². The lowest BCUT2D eigenvalue weighted by molar-refractivity contribution is 0.0159. The quantitative estimate of drug-likeness (QED) is 0.668. The highest BCUT2D eigenvalue weighted by atomic mass is 19.1. The summed E-state index contributed by atoms with van der Waals surface area (Å²) in [4.78, 5) is 40.9. The van der Waals surface area contributed by atoms with E-state index in [2.05, 4.69) is 15.5 Å². The highest BCUT2D eigenvalue weighted by Crippen LogP contribution is 2.25. The van der Waals surface area contributed by atoms with E-state index in [1.54, 1.807) is 29.0 Å². The van der Waals surface area contributed by atoms with Crippen LogP contribution in [0.3, 0.4) is 0 Å². The minimum Gasteiger partial charge on any atom is -0.444 e. The molecule has 194 valence electrons. The van der Waals surface area contributed by atoms with Crippen LogP contribution < -0.4 is 10.9 Å². The molecule has 10 heteroatoms. The number of hydrogen-bond acceptors (Lipinski definition) is 6. The van der Waals surface area contributed by atoms with Gasteiger partial charge in [-0.2, -0.15) is 5.10 Å². The normalized spacial score (nSPS) is 16.2. The van der Waals surface area contributed by atoms with Crippen molar-refractivity contribution >= 4 is 17.7 Å². The Morgan fingerprint density at radius 1 is 1.25 bits per heavy atom. The van der Waals surface area contributed by atoms with Crippen LogP contribution in [0, 0.1) is 5.82 Å². The molecule has 4 rings (SSSR count). The molecule has 0 radical (unpaired) electrons. The first-order valence-corrected chi connectivity index (χ1v) is 12.4. The second-order valence-corrected chi connectivity index (χ2v) is 10.5. The largest absolute Gasteiger partial charge is 0.444 e. The standard InChI is InChI=1S/C26H34FN5O4/c1-26(2,3)36-25(35)32-12-9-17(10-13-32)31(4)24(34)19-14-16(7-8-20(19)27)15-21-22-18(6-5-11-28-22)23(33)30-29-21/h7-8,14,17,28H,5-6,9-13,15H2,1-4H3,(H,30,33). The second-order valence-electron chi connectivity index (χ2n) is 10.5. The highest BCUT2D eigenvalue weighted by Gasteiger charge is 2.31. The lowest BCUT2D eigenvalue weighted by Crippen LogP contribution is -2.48. The summed E-state index contributed by atoms with van der Waals surface area (Å²) in [7, 11) is 1.67. The number of amides is 2. The van der Waals surface area contributed by atoms with Crippen LogP contribution in [0.15, 0.2) is 23.0 Å². The molecule has 2 N–H and O–H groups in total. The Morgan fingerprint density at radius 2 is 1.97 bits per heavy atom. The van der Waals surface area contributed by atoms with Crippen LogP contribution in [-0.2, 0) is 17.6 Å². The fourth-order valence-corrected chi connectivity index (χ4v) is 4.74. The number of hydrogen-bond donors (Lipinski definition) is 2. The molecule has 1 aromatic carbocycles. The molecule has 2 aromatic rings. The van der Waals surface area contributed by atoms with Crippen molar-refractivity contribution in [3.05, 3.63) is 56.8 Å². The molecule has 0 aliphatic carbocycles. The van der Waals surface area contributed by atoms with E-state index in [1.165, 1.54) is 6.07 Å². The van der Waals surface area contributed by atoms with Crippen LogP contribution in [0.1, 0.15) is 67.2 Å². The summed E-state index contributed by atoms with van der Waals surface area (Å²) in [5.41, 5.74) is 2.03. The number of H-pyrrole nitrogens is 1. The summed E-state index contributed by atoms with van der Waals surface area (Å²) in [5, 5.41) is 10.0. The Kier molecular flexibility index (Phi) is 7.33. The number of benzene rings is 1. The number of ether oxygens (including phenoxy) is 1. The fraction of sp³-hybridized carbons (Fsp3) is 0.538. The Morgan fingerprint density at radius 3 is 2.67 bits per heavy atom. The molecule has 2 amide bonds. The number of likely N-dealkylation sites (tertiary alicyclic amines) is 1. The number of rotatable bonds is 4. The van der Waals surface area contributed by atoms with E-state index in [0.29, 0.717) is 50.0 Å². The van der Waals surface area contributed by atoms with Crippen molar-refractivity contribution in [2.24, 2.45) is 0 Å². The van der Waals surface area contributed by atoms with Gasteiger partial charge in [-0.3, -0.25) is 9.59 Å². The van der Waals surface area contributed by atoms with Gasteiger partial charge in [0.1, 0.15) is 11.4 Å². The number of carbonyl (C=O) groups is 2. The molecule has 1 saturated heterocycles. The van der Waals surface area contributed by atoms with Crippen molar-refractivity contribution in [3.8, 4) is 0 Å². The van der Waals surface area contributed by atoms with Crippen molar-refractivity contribution in [3.63, 3.8) is 0 Å². The maximum atomic E-state index is 14.7. The van der Waals surface area contributed by atoms with Gasteiger partial charge in [0, 0.05) is 44.7 Å². The van der Waals surface area contributed by atoms with Crippen LogP contribution in [0.25, 0.3) is 0 Å². The molecule has 1 fully saturated rings. The Hall–Kier alpha value is -3.43.